The zero-order chi connectivity index (χ0) is 17.7. The lowest BCUT2D eigenvalue weighted by molar-refractivity contribution is -0.123. The van der Waals surface area contributed by atoms with Gasteiger partial charge in [0.25, 0.3) is 0 Å². The Bertz CT molecular complexity index is 727. The molecule has 4 N–H and O–H groups in total. The second-order valence-corrected chi connectivity index (χ2v) is 6.62. The number of urea groups is 1. The van der Waals surface area contributed by atoms with Gasteiger partial charge in [-0.15, -0.1) is 0 Å². The van der Waals surface area contributed by atoms with Crippen LogP contribution in [0.25, 0.3) is 0 Å². The van der Waals surface area contributed by atoms with Crippen molar-refractivity contribution >= 4 is 11.9 Å². The lowest BCUT2D eigenvalue weighted by Gasteiger charge is -2.21. The topological polar surface area (TPSA) is 84.2 Å². The van der Waals surface area contributed by atoms with Gasteiger partial charge >= 0.3 is 6.03 Å². The maximum absolute atomic E-state index is 12.6. The maximum Gasteiger partial charge on any atom is 0.312 e. The lowest BCUT2D eigenvalue weighted by Crippen LogP contribution is -2.51. The summed E-state index contributed by atoms with van der Waals surface area (Å²) in [5.41, 5.74) is 7.49. The Labute approximate surface area is 147 Å². The van der Waals surface area contributed by atoms with Crippen LogP contribution in [0.15, 0.2) is 60.7 Å². The van der Waals surface area contributed by atoms with Crippen molar-refractivity contribution in [2.45, 2.75) is 30.7 Å². The molecular weight excluding hydrogens is 314 g/mol. The molecule has 2 aromatic rings. The van der Waals surface area contributed by atoms with Crippen LogP contribution in [0.5, 0.6) is 0 Å². The van der Waals surface area contributed by atoms with E-state index in [2.05, 4.69) is 22.8 Å². The Morgan fingerprint density at radius 1 is 1.00 bits per heavy atom. The Hall–Kier alpha value is -2.82. The molecule has 1 aliphatic rings. The predicted molar refractivity (Wildman–Crippen MR) is 97.0 cm³/mol. The Morgan fingerprint density at radius 2 is 1.60 bits per heavy atom. The summed E-state index contributed by atoms with van der Waals surface area (Å²) in [4.78, 5) is 23.9. The number of hydrogen-bond donors (Lipinski definition) is 3. The van der Waals surface area contributed by atoms with E-state index < -0.39 is 12.1 Å². The van der Waals surface area contributed by atoms with Gasteiger partial charge in [-0.3, -0.25) is 4.79 Å². The summed E-state index contributed by atoms with van der Waals surface area (Å²) in [5, 5.41) is 5.55. The minimum absolute atomic E-state index is 0.0287. The normalized spacial score (nSPS) is 15.8. The fourth-order valence-corrected chi connectivity index (χ4v) is 3.12. The molecule has 1 saturated carbocycles. The van der Waals surface area contributed by atoms with E-state index >= 15 is 0 Å². The second-order valence-electron chi connectivity index (χ2n) is 6.62. The number of nitrogens with one attached hydrogen (secondary N) is 2. The van der Waals surface area contributed by atoms with Crippen LogP contribution in [-0.4, -0.2) is 24.5 Å². The van der Waals surface area contributed by atoms with Crippen LogP contribution in [0.1, 0.15) is 24.0 Å². The summed E-state index contributed by atoms with van der Waals surface area (Å²) in [6.07, 6.45) is 2.53. The van der Waals surface area contributed by atoms with E-state index in [1.807, 2.05) is 48.5 Å². The first kappa shape index (κ1) is 17.0. The van der Waals surface area contributed by atoms with Gasteiger partial charge in [0.15, 0.2) is 0 Å². The van der Waals surface area contributed by atoms with Crippen LogP contribution in [-0.2, 0) is 16.6 Å². The molecule has 0 spiro atoms. The van der Waals surface area contributed by atoms with Crippen LogP contribution in [0.4, 0.5) is 4.79 Å². The van der Waals surface area contributed by atoms with Crippen molar-refractivity contribution in [3.05, 3.63) is 71.8 Å². The van der Waals surface area contributed by atoms with Gasteiger partial charge in [-0.2, -0.15) is 0 Å². The number of nitrogens with two attached hydrogens (primary N) is 1. The van der Waals surface area contributed by atoms with Crippen molar-refractivity contribution in [2.75, 3.05) is 6.54 Å². The van der Waals surface area contributed by atoms with Gasteiger partial charge in [-0.25, -0.2) is 4.79 Å². The van der Waals surface area contributed by atoms with Gasteiger partial charge in [0.1, 0.15) is 6.04 Å². The van der Waals surface area contributed by atoms with Crippen LogP contribution < -0.4 is 16.4 Å². The Kier molecular flexibility index (Phi) is 5.03. The van der Waals surface area contributed by atoms with Crippen molar-refractivity contribution < 1.29 is 9.59 Å². The monoisotopic (exact) mass is 337 g/mol. The van der Waals surface area contributed by atoms with Gasteiger partial charge < -0.3 is 16.4 Å². The average Bonchev–Trinajstić information content (AvgIpc) is 3.42. The van der Waals surface area contributed by atoms with Crippen LogP contribution in [0, 0.1) is 0 Å². The molecule has 0 saturated heterocycles. The van der Waals surface area contributed by atoms with E-state index in [1.165, 1.54) is 5.56 Å². The van der Waals surface area contributed by atoms with Gasteiger partial charge in [-0.1, -0.05) is 60.7 Å². The Morgan fingerprint density at radius 3 is 2.16 bits per heavy atom. The van der Waals surface area contributed by atoms with Crippen LogP contribution in [0.3, 0.4) is 0 Å². The van der Waals surface area contributed by atoms with Crippen molar-refractivity contribution in [1.82, 2.24) is 10.6 Å². The zero-order valence-corrected chi connectivity index (χ0v) is 14.1. The first-order valence-corrected chi connectivity index (χ1v) is 8.52. The fraction of sp³-hybridized carbons (Fsp3) is 0.300. The number of carbonyl (C=O) groups is 2. The van der Waals surface area contributed by atoms with Gasteiger partial charge in [0, 0.05) is 18.4 Å². The molecule has 0 bridgehead atoms. The number of amides is 3. The highest BCUT2D eigenvalue weighted by Crippen LogP contribution is 2.47. The molecule has 0 heterocycles. The third kappa shape index (κ3) is 4.38. The minimum Gasteiger partial charge on any atom is -0.353 e. The third-order valence-electron chi connectivity index (χ3n) is 4.76. The quantitative estimate of drug-likeness (QED) is 0.723. The molecule has 1 fully saturated rings. The van der Waals surface area contributed by atoms with Crippen molar-refractivity contribution in [3.8, 4) is 0 Å². The molecule has 1 atom stereocenters. The molecule has 0 aliphatic heterocycles. The number of hydrogen-bond acceptors (Lipinski definition) is 2. The summed E-state index contributed by atoms with van der Waals surface area (Å²) in [6, 6.07) is 18.4. The molecule has 1 aliphatic carbocycles. The van der Waals surface area contributed by atoms with E-state index in [9.17, 15) is 9.59 Å². The minimum atomic E-state index is -0.694. The molecule has 2 aromatic carbocycles. The first-order valence-electron chi connectivity index (χ1n) is 8.52. The summed E-state index contributed by atoms with van der Waals surface area (Å²) in [6.45, 7) is 0.571. The van der Waals surface area contributed by atoms with Crippen LogP contribution >= 0.6 is 0 Å². The molecule has 5 heteroatoms. The van der Waals surface area contributed by atoms with Crippen molar-refractivity contribution in [1.29, 1.82) is 0 Å². The number of carbonyl (C=O) groups excluding carboxylic acids is 2. The van der Waals surface area contributed by atoms with E-state index in [1.54, 1.807) is 0 Å². The molecule has 0 aromatic heterocycles. The van der Waals surface area contributed by atoms with E-state index in [0.29, 0.717) is 13.0 Å². The highest BCUT2D eigenvalue weighted by Gasteiger charge is 2.44. The number of benzene rings is 2. The van der Waals surface area contributed by atoms with E-state index in [4.69, 9.17) is 5.73 Å². The molecule has 25 heavy (non-hydrogen) atoms. The summed E-state index contributed by atoms with van der Waals surface area (Å²) in [5.74, 6) is -0.204. The molecule has 3 amide bonds. The van der Waals surface area contributed by atoms with Crippen LogP contribution in [0.2, 0.25) is 0 Å². The highest BCUT2D eigenvalue weighted by molar-refractivity contribution is 5.86. The average molecular weight is 337 g/mol. The summed E-state index contributed by atoms with van der Waals surface area (Å²) in [7, 11) is 0. The van der Waals surface area contributed by atoms with E-state index in [0.717, 1.165) is 18.4 Å². The van der Waals surface area contributed by atoms with Gasteiger partial charge in [0.2, 0.25) is 5.91 Å². The van der Waals surface area contributed by atoms with E-state index in [-0.39, 0.29) is 11.3 Å². The first-order chi connectivity index (χ1) is 12.1. The lowest BCUT2D eigenvalue weighted by atomic mass is 9.95. The predicted octanol–water partition coefficient (Wildman–Crippen LogP) is 2.11. The highest BCUT2D eigenvalue weighted by atomic mass is 16.2. The fourth-order valence-electron chi connectivity index (χ4n) is 3.12. The van der Waals surface area contributed by atoms with Crippen molar-refractivity contribution in [3.63, 3.8) is 0 Å². The molecule has 5 nitrogen and oxygen atoms in total. The molecule has 0 radical (unpaired) electrons. The Balaban J connectivity index is 1.63. The summed E-state index contributed by atoms with van der Waals surface area (Å²) >= 11 is 0. The van der Waals surface area contributed by atoms with Crippen molar-refractivity contribution in [2.24, 2.45) is 5.73 Å². The zero-order valence-electron chi connectivity index (χ0n) is 14.1. The molecular formula is C20H23N3O2. The number of rotatable bonds is 7. The molecule has 3 rings (SSSR count). The van der Waals surface area contributed by atoms with Gasteiger partial charge in [0.05, 0.1) is 0 Å². The maximum atomic E-state index is 12.6. The standard InChI is InChI=1S/C20H23N3O2/c21-19(25)23-17(13-15-7-3-1-4-8-15)18(24)22-14-20(11-12-20)16-9-5-2-6-10-16/h1-10,17H,11-14H2,(H,22,24)(H3,21,23,25). The molecule has 1 unspecified atom stereocenters. The smallest absolute Gasteiger partial charge is 0.312 e. The SMILES string of the molecule is NC(=O)NC(Cc1ccccc1)C(=O)NCC1(c2ccccc2)CC1. The molecule has 130 valence electrons. The second kappa shape index (κ2) is 7.38. The summed E-state index contributed by atoms with van der Waals surface area (Å²) < 4.78 is 0. The van der Waals surface area contributed by atoms with Gasteiger partial charge in [-0.05, 0) is 24.0 Å². The third-order valence-corrected chi connectivity index (χ3v) is 4.76. The largest absolute Gasteiger partial charge is 0.353 e. The number of primary amides is 1.